The molecule has 1 aromatic carbocycles. The number of ether oxygens (including phenoxy) is 2. The highest BCUT2D eigenvalue weighted by molar-refractivity contribution is 5.87. The number of Topliss-reactive ketones (excluding diaryl/α,β-unsaturated/α-hetero) is 1. The van der Waals surface area contributed by atoms with Crippen molar-refractivity contribution in [1.82, 2.24) is 0 Å². The Labute approximate surface area is 98.8 Å². The molecule has 2 aliphatic rings. The molecule has 0 radical (unpaired) electrons. The van der Waals surface area contributed by atoms with E-state index in [0.29, 0.717) is 18.1 Å². The van der Waals surface area contributed by atoms with Crippen LogP contribution < -0.4 is 9.47 Å². The van der Waals surface area contributed by atoms with E-state index >= 15 is 0 Å². The summed E-state index contributed by atoms with van der Waals surface area (Å²) in [7, 11) is 0. The number of para-hydroxylation sites is 2. The molecule has 0 bridgehead atoms. The molecule has 4 nitrogen and oxygen atoms in total. The smallest absolute Gasteiger partial charge is 0.161 e. The molecule has 1 aromatic rings. The van der Waals surface area contributed by atoms with Crippen LogP contribution in [0.2, 0.25) is 0 Å². The average Bonchev–Trinajstić information content (AvgIpc) is 2.34. The molecule has 0 N–H and O–H groups in total. The van der Waals surface area contributed by atoms with Gasteiger partial charge in [-0.1, -0.05) is 12.1 Å². The van der Waals surface area contributed by atoms with Crippen LogP contribution in [-0.2, 0) is 4.79 Å². The van der Waals surface area contributed by atoms with Gasteiger partial charge in [-0.15, -0.1) is 0 Å². The maximum absolute atomic E-state index is 11.1. The molecular weight excluding hydrogens is 218 g/mol. The second kappa shape index (κ2) is 3.49. The maximum atomic E-state index is 11.1. The van der Waals surface area contributed by atoms with Gasteiger partial charge in [-0.3, -0.25) is 4.79 Å². The van der Waals surface area contributed by atoms with Crippen molar-refractivity contribution >= 4 is 5.78 Å². The summed E-state index contributed by atoms with van der Waals surface area (Å²) in [6.45, 7) is 0.331. The first-order chi connectivity index (χ1) is 8.23. The van der Waals surface area contributed by atoms with Gasteiger partial charge in [-0.05, 0) is 12.1 Å². The van der Waals surface area contributed by atoms with Crippen LogP contribution in [0.1, 0.15) is 12.8 Å². The molecule has 1 fully saturated rings. The van der Waals surface area contributed by atoms with E-state index in [4.69, 9.17) is 9.47 Å². The molecule has 1 unspecified atom stereocenters. The van der Waals surface area contributed by atoms with Gasteiger partial charge in [0.25, 0.3) is 0 Å². The highest BCUT2D eigenvalue weighted by Gasteiger charge is 2.53. The summed E-state index contributed by atoms with van der Waals surface area (Å²) in [6.07, 6.45) is 0.208. The van der Waals surface area contributed by atoms with Crippen LogP contribution >= 0.6 is 0 Å². The zero-order valence-electron chi connectivity index (χ0n) is 9.18. The van der Waals surface area contributed by atoms with Crippen LogP contribution in [0, 0.1) is 16.7 Å². The first-order valence-electron chi connectivity index (χ1n) is 5.55. The number of ketones is 1. The van der Waals surface area contributed by atoms with Crippen LogP contribution in [0.5, 0.6) is 11.5 Å². The van der Waals surface area contributed by atoms with Gasteiger partial charge in [-0.2, -0.15) is 5.26 Å². The Morgan fingerprint density at radius 2 is 2.00 bits per heavy atom. The summed E-state index contributed by atoms with van der Waals surface area (Å²) in [5, 5.41) is 9.22. The van der Waals surface area contributed by atoms with E-state index in [1.54, 1.807) is 0 Å². The first-order valence-corrected chi connectivity index (χ1v) is 5.55. The van der Waals surface area contributed by atoms with Crippen molar-refractivity contribution in [2.75, 3.05) is 6.61 Å². The molecule has 1 heterocycles. The van der Waals surface area contributed by atoms with Gasteiger partial charge >= 0.3 is 0 Å². The zero-order chi connectivity index (χ0) is 11.9. The first kappa shape index (κ1) is 10.2. The highest BCUT2D eigenvalue weighted by atomic mass is 16.6. The summed E-state index contributed by atoms with van der Waals surface area (Å²) in [5.74, 6) is 1.47. The van der Waals surface area contributed by atoms with Crippen LogP contribution in [0.25, 0.3) is 0 Å². The lowest BCUT2D eigenvalue weighted by atomic mass is 9.65. The fraction of sp³-hybridized carbons (Fsp3) is 0.385. The van der Waals surface area contributed by atoms with Crippen LogP contribution in [-0.4, -0.2) is 18.5 Å². The molecule has 1 aliphatic carbocycles. The van der Waals surface area contributed by atoms with E-state index in [1.165, 1.54) is 0 Å². The number of fused-ring (bicyclic) bond motifs is 1. The van der Waals surface area contributed by atoms with Gasteiger partial charge < -0.3 is 9.47 Å². The molecule has 1 atom stereocenters. The van der Waals surface area contributed by atoms with Gasteiger partial charge in [0, 0.05) is 12.8 Å². The quantitative estimate of drug-likeness (QED) is 0.735. The van der Waals surface area contributed by atoms with Crippen molar-refractivity contribution in [3.63, 3.8) is 0 Å². The Kier molecular flexibility index (Phi) is 2.08. The average molecular weight is 229 g/mol. The fourth-order valence-corrected chi connectivity index (χ4v) is 2.32. The van der Waals surface area contributed by atoms with Crippen LogP contribution in [0.4, 0.5) is 0 Å². The molecule has 3 rings (SSSR count). The van der Waals surface area contributed by atoms with Crippen LogP contribution in [0.3, 0.4) is 0 Å². The number of nitrogens with zero attached hydrogens (tertiary/aromatic N) is 1. The lowest BCUT2D eigenvalue weighted by molar-refractivity contribution is -0.136. The number of hydrogen-bond acceptors (Lipinski definition) is 4. The number of carbonyl (C=O) groups is 1. The highest BCUT2D eigenvalue weighted by Crippen LogP contribution is 2.45. The maximum Gasteiger partial charge on any atom is 0.161 e. The zero-order valence-corrected chi connectivity index (χ0v) is 9.18. The standard InChI is InChI=1S/C13H11NO3/c14-8-13(5-9(15)6-13)12-7-16-10-3-1-2-4-11(10)17-12/h1-4,12H,5-7H2. The SMILES string of the molecule is N#CC1(C2COc3ccccc3O2)CC(=O)C1. The minimum Gasteiger partial charge on any atom is -0.486 e. The number of carbonyl (C=O) groups excluding carboxylic acids is 1. The lowest BCUT2D eigenvalue weighted by Crippen LogP contribution is -2.52. The Morgan fingerprint density at radius 1 is 1.29 bits per heavy atom. The van der Waals surface area contributed by atoms with E-state index < -0.39 is 5.41 Å². The van der Waals surface area contributed by atoms with Crippen molar-refractivity contribution in [1.29, 1.82) is 5.26 Å². The fourth-order valence-electron chi connectivity index (χ4n) is 2.32. The van der Waals surface area contributed by atoms with Crippen LogP contribution in [0.15, 0.2) is 24.3 Å². The van der Waals surface area contributed by atoms with E-state index in [2.05, 4.69) is 6.07 Å². The van der Waals surface area contributed by atoms with E-state index in [-0.39, 0.29) is 24.7 Å². The molecule has 0 saturated heterocycles. The predicted molar refractivity (Wildman–Crippen MR) is 58.6 cm³/mol. The number of benzene rings is 1. The van der Waals surface area contributed by atoms with Gasteiger partial charge in [0.2, 0.25) is 0 Å². The molecule has 86 valence electrons. The summed E-state index contributed by atoms with van der Waals surface area (Å²) >= 11 is 0. The Balaban J connectivity index is 1.85. The Hall–Kier alpha value is -2.02. The normalized spacial score (nSPS) is 24.6. The summed E-state index contributed by atoms with van der Waals surface area (Å²) in [6, 6.07) is 9.59. The molecular formula is C13H11NO3. The summed E-state index contributed by atoms with van der Waals surface area (Å²) in [4.78, 5) is 11.1. The lowest BCUT2D eigenvalue weighted by Gasteiger charge is -2.42. The van der Waals surface area contributed by atoms with Gasteiger partial charge in [0.1, 0.15) is 17.8 Å². The topological polar surface area (TPSA) is 59.3 Å². The number of nitriles is 1. The molecule has 1 aliphatic heterocycles. The van der Waals surface area contributed by atoms with Crippen molar-refractivity contribution < 1.29 is 14.3 Å². The Bertz CT molecular complexity index is 510. The van der Waals surface area contributed by atoms with Crippen molar-refractivity contribution in [3.8, 4) is 17.6 Å². The number of rotatable bonds is 1. The Morgan fingerprint density at radius 3 is 2.65 bits per heavy atom. The largest absolute Gasteiger partial charge is 0.486 e. The third-order valence-electron chi connectivity index (χ3n) is 3.37. The van der Waals surface area contributed by atoms with E-state index in [1.807, 2.05) is 24.3 Å². The van der Waals surface area contributed by atoms with Gasteiger partial charge in [0.15, 0.2) is 17.6 Å². The van der Waals surface area contributed by atoms with E-state index in [9.17, 15) is 10.1 Å². The van der Waals surface area contributed by atoms with E-state index in [0.717, 1.165) is 0 Å². The van der Waals surface area contributed by atoms with Gasteiger partial charge in [-0.25, -0.2) is 0 Å². The second-order valence-electron chi connectivity index (χ2n) is 4.52. The predicted octanol–water partition coefficient (Wildman–Crippen LogP) is 1.70. The van der Waals surface area contributed by atoms with Gasteiger partial charge in [0.05, 0.1) is 6.07 Å². The molecule has 17 heavy (non-hydrogen) atoms. The second-order valence-corrected chi connectivity index (χ2v) is 4.52. The summed E-state index contributed by atoms with van der Waals surface area (Å²) < 4.78 is 11.3. The molecule has 0 amide bonds. The summed E-state index contributed by atoms with van der Waals surface area (Å²) in [5.41, 5.74) is -0.690. The minimum absolute atomic E-state index is 0.119. The molecule has 1 saturated carbocycles. The monoisotopic (exact) mass is 229 g/mol. The minimum atomic E-state index is -0.690. The third-order valence-corrected chi connectivity index (χ3v) is 3.37. The van der Waals surface area contributed by atoms with Crippen molar-refractivity contribution in [2.24, 2.45) is 5.41 Å². The molecule has 0 aromatic heterocycles. The van der Waals surface area contributed by atoms with Crippen molar-refractivity contribution in [3.05, 3.63) is 24.3 Å². The number of hydrogen-bond donors (Lipinski definition) is 0. The van der Waals surface area contributed by atoms with Crippen molar-refractivity contribution in [2.45, 2.75) is 18.9 Å². The molecule has 4 heteroatoms. The third kappa shape index (κ3) is 1.47. The molecule has 0 spiro atoms.